The minimum absolute atomic E-state index is 0.0653. The summed E-state index contributed by atoms with van der Waals surface area (Å²) in [4.78, 5) is 32.5. The molecule has 1 saturated heterocycles. The van der Waals surface area contributed by atoms with Gasteiger partial charge in [-0.1, -0.05) is 142 Å². The lowest BCUT2D eigenvalue weighted by Gasteiger charge is -2.39. The van der Waals surface area contributed by atoms with Gasteiger partial charge in [-0.05, 0) is 91.6 Å². The number of piperidine rings is 1. The van der Waals surface area contributed by atoms with Crippen molar-refractivity contribution in [3.63, 3.8) is 0 Å². The topological polar surface area (TPSA) is 62.3 Å². The summed E-state index contributed by atoms with van der Waals surface area (Å²) in [5.41, 5.74) is 0. The molecule has 52 heavy (non-hydrogen) atoms. The third-order valence-corrected chi connectivity index (χ3v) is 11.5. The molecule has 1 rings (SSSR count). The molecule has 308 valence electrons. The van der Waals surface area contributed by atoms with Crippen LogP contribution in [0.15, 0.2) is 0 Å². The summed E-state index contributed by atoms with van der Waals surface area (Å²) in [5.74, 6) is 0.478. The number of nitrogens with zero attached hydrogens (tertiary/aromatic N) is 3. The van der Waals surface area contributed by atoms with Gasteiger partial charge in [-0.2, -0.15) is 0 Å². The number of rotatable bonds is 37. The van der Waals surface area contributed by atoms with Crippen LogP contribution in [0.4, 0.5) is 0 Å². The summed E-state index contributed by atoms with van der Waals surface area (Å²) >= 11 is 0. The largest absolute Gasteiger partial charge is 0.464 e. The second-order valence-electron chi connectivity index (χ2n) is 16.5. The maximum atomic E-state index is 12.6. The van der Waals surface area contributed by atoms with E-state index in [2.05, 4.69) is 49.6 Å². The van der Waals surface area contributed by atoms with E-state index in [0.717, 1.165) is 45.3 Å². The van der Waals surface area contributed by atoms with Gasteiger partial charge in [0.2, 0.25) is 0 Å². The number of hydrogen-bond donors (Lipinski definition) is 0. The van der Waals surface area contributed by atoms with E-state index in [1.807, 2.05) is 0 Å². The van der Waals surface area contributed by atoms with Crippen molar-refractivity contribution in [3.05, 3.63) is 0 Å². The van der Waals surface area contributed by atoms with Gasteiger partial charge in [-0.15, -0.1) is 0 Å². The minimum atomic E-state index is -0.0653. The van der Waals surface area contributed by atoms with Crippen LogP contribution in [0.25, 0.3) is 0 Å². The Kier molecular flexibility index (Phi) is 33.4. The van der Waals surface area contributed by atoms with Crippen molar-refractivity contribution >= 4 is 11.9 Å². The number of carbonyl (C=O) groups is 2. The molecule has 1 atom stereocenters. The molecule has 0 spiro atoms. The number of unbranched alkanes of at least 4 members (excludes halogenated alkanes) is 21. The molecule has 1 fully saturated rings. The van der Waals surface area contributed by atoms with Gasteiger partial charge in [0.05, 0.1) is 0 Å². The van der Waals surface area contributed by atoms with Gasteiger partial charge < -0.3 is 19.3 Å². The Morgan fingerprint density at radius 1 is 0.558 bits per heavy atom. The van der Waals surface area contributed by atoms with Crippen molar-refractivity contribution in [2.75, 3.05) is 66.6 Å². The molecule has 1 aliphatic heterocycles. The molecular formula is C45H89N3O4. The molecule has 0 aromatic rings. The Labute approximate surface area is 324 Å². The van der Waals surface area contributed by atoms with E-state index in [4.69, 9.17) is 9.47 Å². The highest BCUT2D eigenvalue weighted by Gasteiger charge is 2.28. The van der Waals surface area contributed by atoms with E-state index >= 15 is 0 Å². The molecule has 7 nitrogen and oxygen atoms in total. The molecule has 0 aliphatic carbocycles. The van der Waals surface area contributed by atoms with Crippen molar-refractivity contribution in [1.82, 2.24) is 14.7 Å². The molecular weight excluding hydrogens is 647 g/mol. The predicted molar refractivity (Wildman–Crippen MR) is 222 cm³/mol. The van der Waals surface area contributed by atoms with Crippen molar-refractivity contribution in [2.45, 2.75) is 207 Å². The maximum absolute atomic E-state index is 12.6. The van der Waals surface area contributed by atoms with E-state index in [1.165, 1.54) is 148 Å². The Morgan fingerprint density at radius 2 is 0.942 bits per heavy atom. The lowest BCUT2D eigenvalue weighted by molar-refractivity contribution is -0.145. The first kappa shape index (κ1) is 48.8. The zero-order valence-electron chi connectivity index (χ0n) is 35.6. The summed E-state index contributed by atoms with van der Waals surface area (Å²) < 4.78 is 11.5. The van der Waals surface area contributed by atoms with E-state index in [9.17, 15) is 9.59 Å². The first-order valence-corrected chi connectivity index (χ1v) is 22.8. The van der Waals surface area contributed by atoms with Crippen LogP contribution in [0.3, 0.4) is 0 Å². The van der Waals surface area contributed by atoms with Crippen LogP contribution in [0.1, 0.15) is 201 Å². The van der Waals surface area contributed by atoms with Crippen molar-refractivity contribution in [3.8, 4) is 0 Å². The first-order valence-electron chi connectivity index (χ1n) is 22.8. The third-order valence-electron chi connectivity index (χ3n) is 11.5. The quantitative estimate of drug-likeness (QED) is 0.0465. The smallest absolute Gasteiger partial charge is 0.305 e. The van der Waals surface area contributed by atoms with Crippen molar-refractivity contribution in [2.24, 2.45) is 5.92 Å². The number of carbonyl (C=O) groups excluding carboxylic acids is 2. The lowest BCUT2D eigenvalue weighted by atomic mass is 9.89. The number of ether oxygens (including phenoxy) is 2. The Hall–Kier alpha value is -1.18. The highest BCUT2D eigenvalue weighted by molar-refractivity contribution is 5.69. The van der Waals surface area contributed by atoms with Gasteiger partial charge in [0.25, 0.3) is 0 Å². The van der Waals surface area contributed by atoms with Gasteiger partial charge in [0.15, 0.2) is 0 Å². The van der Waals surface area contributed by atoms with Gasteiger partial charge in [0.1, 0.15) is 13.2 Å². The normalized spacial score (nSPS) is 14.8. The lowest BCUT2D eigenvalue weighted by Crippen LogP contribution is -2.46. The van der Waals surface area contributed by atoms with Gasteiger partial charge in [-0.25, -0.2) is 0 Å². The summed E-state index contributed by atoms with van der Waals surface area (Å²) in [6, 6.07) is 0.367. The van der Waals surface area contributed by atoms with E-state index in [0.29, 0.717) is 51.1 Å². The molecule has 0 saturated carbocycles. The molecule has 1 unspecified atom stereocenters. The molecule has 1 heterocycles. The van der Waals surface area contributed by atoms with Crippen LogP contribution in [-0.2, 0) is 19.1 Å². The fourth-order valence-corrected chi connectivity index (χ4v) is 7.80. The average molecular weight is 736 g/mol. The van der Waals surface area contributed by atoms with Crippen molar-refractivity contribution < 1.29 is 19.1 Å². The molecule has 0 amide bonds. The molecule has 0 bridgehead atoms. The summed E-state index contributed by atoms with van der Waals surface area (Å²) in [7, 11) is 4.30. The Balaban J connectivity index is 2.36. The number of likely N-dealkylation sites (tertiary alicyclic amines) is 1. The molecule has 7 heteroatoms. The first-order chi connectivity index (χ1) is 25.4. The SMILES string of the molecule is CCCCCCCCCCCCCC(=O)OCCN(CCOC(=O)CCCCCCCCCCCCC)C(C)C1CCN(CCCCN(C)C)CC1. The van der Waals surface area contributed by atoms with Crippen LogP contribution in [0.5, 0.6) is 0 Å². The van der Waals surface area contributed by atoms with Gasteiger partial charge >= 0.3 is 11.9 Å². The van der Waals surface area contributed by atoms with Crippen LogP contribution in [0.2, 0.25) is 0 Å². The van der Waals surface area contributed by atoms with Gasteiger partial charge in [-0.3, -0.25) is 14.5 Å². The number of hydrogen-bond acceptors (Lipinski definition) is 7. The Morgan fingerprint density at radius 3 is 1.33 bits per heavy atom. The molecule has 1 aliphatic rings. The second kappa shape index (κ2) is 35.5. The highest BCUT2D eigenvalue weighted by atomic mass is 16.5. The standard InChI is InChI=1S/C45H89N3O4/c1-6-8-10-12-14-16-18-20-22-24-26-30-44(49)51-40-38-48(42(3)43-32-36-47(37-33-43)35-29-28-34-46(4)5)39-41-52-45(50)31-27-25-23-21-19-17-15-13-11-9-7-2/h42-43H,6-41H2,1-5H3. The van der Waals surface area contributed by atoms with Crippen LogP contribution < -0.4 is 0 Å². The third kappa shape index (κ3) is 29.2. The number of esters is 2. The van der Waals surface area contributed by atoms with Crippen molar-refractivity contribution in [1.29, 1.82) is 0 Å². The van der Waals surface area contributed by atoms with Crippen LogP contribution >= 0.6 is 0 Å². The molecule has 0 aromatic heterocycles. The highest BCUT2D eigenvalue weighted by Crippen LogP contribution is 2.24. The fourth-order valence-electron chi connectivity index (χ4n) is 7.80. The summed E-state index contributed by atoms with van der Waals surface area (Å²) in [6.07, 6.45) is 34.1. The fraction of sp³-hybridized carbons (Fsp3) is 0.956. The van der Waals surface area contributed by atoms with E-state index < -0.39 is 0 Å². The molecule has 0 radical (unpaired) electrons. The van der Waals surface area contributed by atoms with Gasteiger partial charge in [0, 0.05) is 32.0 Å². The zero-order valence-corrected chi connectivity index (χ0v) is 35.6. The van der Waals surface area contributed by atoms with E-state index in [-0.39, 0.29) is 11.9 Å². The predicted octanol–water partition coefficient (Wildman–Crippen LogP) is 11.2. The van der Waals surface area contributed by atoms with Crippen LogP contribution in [-0.4, -0.2) is 99.3 Å². The monoisotopic (exact) mass is 736 g/mol. The molecule has 0 N–H and O–H groups in total. The summed E-state index contributed by atoms with van der Waals surface area (Å²) in [5, 5.41) is 0. The molecule has 0 aromatic carbocycles. The summed E-state index contributed by atoms with van der Waals surface area (Å²) in [6.45, 7) is 13.8. The zero-order chi connectivity index (χ0) is 37.9. The maximum Gasteiger partial charge on any atom is 0.305 e. The van der Waals surface area contributed by atoms with Crippen LogP contribution in [0, 0.1) is 5.92 Å². The average Bonchev–Trinajstić information content (AvgIpc) is 3.14. The Bertz CT molecular complexity index is 757. The minimum Gasteiger partial charge on any atom is -0.464 e. The second-order valence-corrected chi connectivity index (χ2v) is 16.5. The van der Waals surface area contributed by atoms with E-state index in [1.54, 1.807) is 0 Å².